The molecule has 0 spiro atoms. The quantitative estimate of drug-likeness (QED) is 0.732. The van der Waals surface area contributed by atoms with Gasteiger partial charge in [-0.1, -0.05) is 27.7 Å². The first-order chi connectivity index (χ1) is 9.97. The third-order valence-corrected chi connectivity index (χ3v) is 3.40. The number of aromatic nitrogens is 1. The van der Waals surface area contributed by atoms with Crippen molar-refractivity contribution in [2.75, 3.05) is 31.5 Å². The van der Waals surface area contributed by atoms with Crippen molar-refractivity contribution < 1.29 is 9.90 Å². The molecule has 0 aliphatic carbocycles. The number of hydrogen-bond donors (Lipinski definition) is 2. The van der Waals surface area contributed by atoms with Crippen LogP contribution in [0.4, 0.5) is 5.82 Å². The lowest BCUT2D eigenvalue weighted by Gasteiger charge is -2.20. The first kappa shape index (κ1) is 17.4. The molecule has 0 aliphatic rings. The zero-order valence-corrected chi connectivity index (χ0v) is 13.5. The van der Waals surface area contributed by atoms with Crippen LogP contribution in [-0.4, -0.2) is 47.1 Å². The molecular formula is C16H27N3O2. The molecule has 2 N–H and O–H groups in total. The standard InChI is InChI=1S/C16H27N3O2/c1-5-8-19(6-2)9-7-17-15-11-13(16(20)21)10-14(18-15)12(3)4/h10-12H,5-9H2,1-4H3,(H,17,18)(H,20,21). The zero-order valence-electron chi connectivity index (χ0n) is 13.5. The van der Waals surface area contributed by atoms with Gasteiger partial charge < -0.3 is 15.3 Å². The fourth-order valence-corrected chi connectivity index (χ4v) is 2.15. The van der Waals surface area contributed by atoms with E-state index < -0.39 is 5.97 Å². The molecule has 0 saturated carbocycles. The molecule has 0 bridgehead atoms. The van der Waals surface area contributed by atoms with E-state index in [-0.39, 0.29) is 11.5 Å². The summed E-state index contributed by atoms with van der Waals surface area (Å²) in [5, 5.41) is 12.4. The van der Waals surface area contributed by atoms with Crippen molar-refractivity contribution in [2.24, 2.45) is 0 Å². The molecule has 1 heterocycles. The highest BCUT2D eigenvalue weighted by molar-refractivity contribution is 5.88. The maximum absolute atomic E-state index is 11.2. The summed E-state index contributed by atoms with van der Waals surface area (Å²) in [6.45, 7) is 12.1. The van der Waals surface area contributed by atoms with Crippen molar-refractivity contribution >= 4 is 11.8 Å². The Morgan fingerprint density at radius 3 is 2.57 bits per heavy atom. The van der Waals surface area contributed by atoms with Gasteiger partial charge >= 0.3 is 5.97 Å². The third kappa shape index (κ3) is 5.71. The number of aromatic carboxylic acids is 1. The van der Waals surface area contributed by atoms with Gasteiger partial charge in [-0.2, -0.15) is 0 Å². The molecule has 5 nitrogen and oxygen atoms in total. The fourth-order valence-electron chi connectivity index (χ4n) is 2.15. The topological polar surface area (TPSA) is 65.5 Å². The summed E-state index contributed by atoms with van der Waals surface area (Å²) in [6, 6.07) is 3.25. The number of anilines is 1. The minimum Gasteiger partial charge on any atom is -0.478 e. The van der Waals surface area contributed by atoms with Gasteiger partial charge in [0.25, 0.3) is 0 Å². The third-order valence-electron chi connectivity index (χ3n) is 3.40. The van der Waals surface area contributed by atoms with Crippen LogP contribution in [0.25, 0.3) is 0 Å². The Balaban J connectivity index is 2.71. The van der Waals surface area contributed by atoms with Crippen molar-refractivity contribution in [1.82, 2.24) is 9.88 Å². The summed E-state index contributed by atoms with van der Waals surface area (Å²) >= 11 is 0. The summed E-state index contributed by atoms with van der Waals surface area (Å²) < 4.78 is 0. The SMILES string of the molecule is CCCN(CC)CCNc1cc(C(=O)O)cc(C(C)C)n1. The molecule has 0 aliphatic heterocycles. The van der Waals surface area contributed by atoms with Gasteiger partial charge in [-0.3, -0.25) is 0 Å². The van der Waals surface area contributed by atoms with Gasteiger partial charge in [-0.25, -0.2) is 9.78 Å². The normalized spacial score (nSPS) is 11.1. The second kappa shape index (κ2) is 8.62. The van der Waals surface area contributed by atoms with Crippen molar-refractivity contribution in [1.29, 1.82) is 0 Å². The van der Waals surface area contributed by atoms with Gasteiger partial charge in [0.05, 0.1) is 5.56 Å². The number of carbonyl (C=O) groups is 1. The number of nitrogens with zero attached hydrogens (tertiary/aromatic N) is 2. The predicted octanol–water partition coefficient (Wildman–Crippen LogP) is 3.05. The number of carboxylic acids is 1. The fraction of sp³-hybridized carbons (Fsp3) is 0.625. The first-order valence-electron chi connectivity index (χ1n) is 7.69. The molecule has 5 heteroatoms. The smallest absolute Gasteiger partial charge is 0.335 e. The lowest BCUT2D eigenvalue weighted by molar-refractivity contribution is 0.0696. The summed E-state index contributed by atoms with van der Waals surface area (Å²) in [4.78, 5) is 18.0. The molecule has 1 rings (SSSR count). The van der Waals surface area contributed by atoms with Crippen LogP contribution in [0.1, 0.15) is 56.1 Å². The summed E-state index contributed by atoms with van der Waals surface area (Å²) in [6.07, 6.45) is 1.14. The molecule has 0 fully saturated rings. The van der Waals surface area contributed by atoms with Crippen molar-refractivity contribution in [2.45, 2.75) is 40.0 Å². The monoisotopic (exact) mass is 293 g/mol. The number of hydrogen-bond acceptors (Lipinski definition) is 4. The van der Waals surface area contributed by atoms with Crippen LogP contribution < -0.4 is 5.32 Å². The average Bonchev–Trinajstić information content (AvgIpc) is 2.45. The summed E-state index contributed by atoms with van der Waals surface area (Å²) in [5.41, 5.74) is 1.09. The summed E-state index contributed by atoms with van der Waals surface area (Å²) in [5.74, 6) is -0.0632. The van der Waals surface area contributed by atoms with E-state index in [1.165, 1.54) is 0 Å². The average molecular weight is 293 g/mol. The number of carboxylic acid groups (broad SMARTS) is 1. The Morgan fingerprint density at radius 1 is 1.33 bits per heavy atom. The molecule has 0 atom stereocenters. The second-order valence-electron chi connectivity index (χ2n) is 5.49. The highest BCUT2D eigenvalue weighted by atomic mass is 16.4. The molecule has 118 valence electrons. The Bertz CT molecular complexity index is 461. The molecule has 21 heavy (non-hydrogen) atoms. The van der Waals surface area contributed by atoms with Gasteiger partial charge in [-0.15, -0.1) is 0 Å². The Kier molecular flexibility index (Phi) is 7.15. The molecular weight excluding hydrogens is 266 g/mol. The van der Waals surface area contributed by atoms with Gasteiger partial charge in [0.15, 0.2) is 0 Å². The van der Waals surface area contributed by atoms with E-state index in [0.29, 0.717) is 5.82 Å². The lowest BCUT2D eigenvalue weighted by atomic mass is 10.1. The largest absolute Gasteiger partial charge is 0.478 e. The van der Waals surface area contributed by atoms with Crippen molar-refractivity contribution in [3.05, 3.63) is 23.4 Å². The minimum atomic E-state index is -0.913. The Hall–Kier alpha value is -1.62. The van der Waals surface area contributed by atoms with Gasteiger partial charge in [-0.05, 0) is 37.6 Å². The van der Waals surface area contributed by atoms with E-state index >= 15 is 0 Å². The zero-order chi connectivity index (χ0) is 15.8. The number of rotatable bonds is 9. The van der Waals surface area contributed by atoms with E-state index in [9.17, 15) is 9.90 Å². The van der Waals surface area contributed by atoms with Crippen LogP contribution in [0.15, 0.2) is 12.1 Å². The van der Waals surface area contributed by atoms with Gasteiger partial charge in [0, 0.05) is 18.8 Å². The highest BCUT2D eigenvalue weighted by Crippen LogP contribution is 2.17. The molecule has 1 aromatic heterocycles. The molecule has 1 aromatic rings. The van der Waals surface area contributed by atoms with Crippen LogP contribution in [-0.2, 0) is 0 Å². The Morgan fingerprint density at radius 2 is 2.05 bits per heavy atom. The van der Waals surface area contributed by atoms with E-state index in [4.69, 9.17) is 0 Å². The maximum Gasteiger partial charge on any atom is 0.335 e. The minimum absolute atomic E-state index is 0.206. The highest BCUT2D eigenvalue weighted by Gasteiger charge is 2.11. The van der Waals surface area contributed by atoms with E-state index in [0.717, 1.165) is 38.3 Å². The van der Waals surface area contributed by atoms with Crippen LogP contribution in [0, 0.1) is 0 Å². The molecule has 0 unspecified atom stereocenters. The predicted molar refractivity (Wildman–Crippen MR) is 86.2 cm³/mol. The Labute approximate surface area is 127 Å². The van der Waals surface area contributed by atoms with Gasteiger partial charge in [0.2, 0.25) is 0 Å². The molecule has 0 saturated heterocycles. The van der Waals surface area contributed by atoms with E-state index in [1.54, 1.807) is 12.1 Å². The van der Waals surface area contributed by atoms with Crippen LogP contribution >= 0.6 is 0 Å². The molecule has 0 amide bonds. The number of likely N-dealkylation sites (N-methyl/N-ethyl adjacent to an activating group) is 1. The van der Waals surface area contributed by atoms with E-state index in [2.05, 4.69) is 29.0 Å². The van der Waals surface area contributed by atoms with Crippen molar-refractivity contribution in [3.8, 4) is 0 Å². The number of nitrogens with one attached hydrogen (secondary N) is 1. The lowest BCUT2D eigenvalue weighted by Crippen LogP contribution is -2.29. The van der Waals surface area contributed by atoms with Crippen LogP contribution in [0.3, 0.4) is 0 Å². The number of pyridine rings is 1. The van der Waals surface area contributed by atoms with Crippen LogP contribution in [0.5, 0.6) is 0 Å². The van der Waals surface area contributed by atoms with Gasteiger partial charge in [0.1, 0.15) is 5.82 Å². The second-order valence-corrected chi connectivity index (χ2v) is 5.49. The summed E-state index contributed by atoms with van der Waals surface area (Å²) in [7, 11) is 0. The molecule has 0 aromatic carbocycles. The van der Waals surface area contributed by atoms with Crippen LogP contribution in [0.2, 0.25) is 0 Å². The first-order valence-corrected chi connectivity index (χ1v) is 7.69. The maximum atomic E-state index is 11.2. The molecule has 0 radical (unpaired) electrons. The van der Waals surface area contributed by atoms with E-state index in [1.807, 2.05) is 13.8 Å². The van der Waals surface area contributed by atoms with Crippen molar-refractivity contribution in [3.63, 3.8) is 0 Å².